The molecule has 0 saturated heterocycles. The van der Waals surface area contributed by atoms with Crippen molar-refractivity contribution in [2.75, 3.05) is 13.1 Å². The van der Waals surface area contributed by atoms with Crippen molar-refractivity contribution in [2.24, 2.45) is 5.73 Å². The van der Waals surface area contributed by atoms with E-state index < -0.39 is 18.0 Å². The molecule has 6 nitrogen and oxygen atoms in total. The Hall–Kier alpha value is -2.08. The number of urea groups is 1. The second-order valence-corrected chi connectivity index (χ2v) is 3.37. The van der Waals surface area contributed by atoms with Crippen LogP contribution in [0.5, 0.6) is 0 Å². The molecule has 0 aliphatic carbocycles. The van der Waals surface area contributed by atoms with Crippen LogP contribution >= 0.6 is 0 Å². The molecule has 0 bridgehead atoms. The second kappa shape index (κ2) is 6.49. The van der Waals surface area contributed by atoms with Crippen LogP contribution < -0.4 is 16.4 Å². The van der Waals surface area contributed by atoms with E-state index in [4.69, 9.17) is 10.8 Å². The number of carboxylic acids is 1. The van der Waals surface area contributed by atoms with Crippen molar-refractivity contribution in [1.29, 1.82) is 0 Å². The van der Waals surface area contributed by atoms with Crippen molar-refractivity contribution in [3.63, 3.8) is 0 Å². The maximum absolute atomic E-state index is 11.3. The van der Waals surface area contributed by atoms with Gasteiger partial charge in [-0.1, -0.05) is 30.3 Å². The number of nitrogens with two attached hydrogens (primary N) is 1. The normalized spacial score (nSPS) is 11.6. The highest BCUT2D eigenvalue weighted by Gasteiger charge is 2.21. The van der Waals surface area contributed by atoms with E-state index in [1.54, 1.807) is 30.3 Å². The first kappa shape index (κ1) is 13.0. The van der Waals surface area contributed by atoms with Gasteiger partial charge >= 0.3 is 12.0 Å². The summed E-state index contributed by atoms with van der Waals surface area (Å²) in [6, 6.07) is 6.87. The number of amides is 2. The van der Waals surface area contributed by atoms with Crippen LogP contribution in [0.3, 0.4) is 0 Å². The van der Waals surface area contributed by atoms with Crippen molar-refractivity contribution >= 4 is 12.0 Å². The molecule has 0 aliphatic heterocycles. The maximum Gasteiger partial charge on any atom is 0.330 e. The summed E-state index contributed by atoms with van der Waals surface area (Å²) >= 11 is 0. The third kappa shape index (κ3) is 4.12. The van der Waals surface area contributed by atoms with E-state index >= 15 is 0 Å². The monoisotopic (exact) mass is 237 g/mol. The third-order valence-electron chi connectivity index (χ3n) is 2.09. The Morgan fingerprint density at radius 1 is 1.29 bits per heavy atom. The number of benzene rings is 1. The molecule has 6 heteroatoms. The molecule has 17 heavy (non-hydrogen) atoms. The highest BCUT2D eigenvalue weighted by molar-refractivity contribution is 5.83. The van der Waals surface area contributed by atoms with E-state index in [9.17, 15) is 9.59 Å². The number of carbonyl (C=O) groups excluding carboxylic acids is 1. The summed E-state index contributed by atoms with van der Waals surface area (Å²) in [7, 11) is 0. The van der Waals surface area contributed by atoms with Crippen molar-refractivity contribution in [3.05, 3.63) is 35.9 Å². The van der Waals surface area contributed by atoms with Gasteiger partial charge in [-0.3, -0.25) is 0 Å². The molecule has 0 spiro atoms. The quantitative estimate of drug-likeness (QED) is 0.581. The molecular formula is C11H15N3O3. The lowest BCUT2D eigenvalue weighted by Gasteiger charge is -2.15. The van der Waals surface area contributed by atoms with Crippen molar-refractivity contribution in [2.45, 2.75) is 6.04 Å². The molecule has 92 valence electrons. The molecule has 0 aliphatic rings. The third-order valence-corrected chi connectivity index (χ3v) is 2.09. The number of hydrogen-bond acceptors (Lipinski definition) is 3. The Balaban J connectivity index is 2.68. The van der Waals surface area contributed by atoms with Gasteiger partial charge in [0.2, 0.25) is 0 Å². The summed E-state index contributed by atoms with van der Waals surface area (Å²) in [5.41, 5.74) is 5.74. The zero-order valence-electron chi connectivity index (χ0n) is 9.22. The minimum absolute atomic E-state index is 0.299. The molecule has 1 aromatic carbocycles. The summed E-state index contributed by atoms with van der Waals surface area (Å²) < 4.78 is 0. The SMILES string of the molecule is NCCNC(=O)NC(C(=O)O)c1ccccc1. The van der Waals surface area contributed by atoms with Crippen molar-refractivity contribution < 1.29 is 14.7 Å². The van der Waals surface area contributed by atoms with E-state index in [1.165, 1.54) is 0 Å². The lowest BCUT2D eigenvalue weighted by Crippen LogP contribution is -2.42. The zero-order valence-corrected chi connectivity index (χ0v) is 9.22. The molecule has 1 unspecified atom stereocenters. The largest absolute Gasteiger partial charge is 0.479 e. The van der Waals surface area contributed by atoms with Gasteiger partial charge < -0.3 is 21.5 Å². The number of hydrogen-bond donors (Lipinski definition) is 4. The number of rotatable bonds is 5. The Labute approximate surface area is 98.8 Å². The first-order valence-electron chi connectivity index (χ1n) is 5.17. The predicted octanol–water partition coefficient (Wildman–Crippen LogP) is 0.0702. The first-order valence-corrected chi connectivity index (χ1v) is 5.17. The molecule has 0 saturated carbocycles. The van der Waals surface area contributed by atoms with E-state index in [2.05, 4.69) is 10.6 Å². The highest BCUT2D eigenvalue weighted by atomic mass is 16.4. The minimum Gasteiger partial charge on any atom is -0.479 e. The van der Waals surface area contributed by atoms with Gasteiger partial charge in [0.25, 0.3) is 0 Å². The maximum atomic E-state index is 11.3. The van der Waals surface area contributed by atoms with E-state index in [0.717, 1.165) is 0 Å². The van der Waals surface area contributed by atoms with Gasteiger partial charge in [0.05, 0.1) is 0 Å². The molecule has 0 aromatic heterocycles. The number of nitrogens with one attached hydrogen (secondary N) is 2. The Kier molecular flexibility index (Phi) is 4.96. The van der Waals surface area contributed by atoms with Crippen LogP contribution in [0.4, 0.5) is 4.79 Å². The van der Waals surface area contributed by atoms with Crippen molar-refractivity contribution in [1.82, 2.24) is 10.6 Å². The van der Waals surface area contributed by atoms with Gasteiger partial charge in [-0.2, -0.15) is 0 Å². The Bertz CT molecular complexity index is 381. The van der Waals surface area contributed by atoms with Crippen LogP contribution in [0.15, 0.2) is 30.3 Å². The smallest absolute Gasteiger partial charge is 0.330 e. The molecule has 1 aromatic rings. The summed E-state index contributed by atoms with van der Waals surface area (Å²) in [5, 5.41) is 13.8. The van der Waals surface area contributed by atoms with E-state index in [-0.39, 0.29) is 0 Å². The second-order valence-electron chi connectivity index (χ2n) is 3.37. The van der Waals surface area contributed by atoms with Crippen LogP contribution in [0.2, 0.25) is 0 Å². The first-order chi connectivity index (χ1) is 8.15. The Morgan fingerprint density at radius 2 is 1.94 bits per heavy atom. The number of carbonyl (C=O) groups is 2. The summed E-state index contributed by atoms with van der Waals surface area (Å²) in [6.45, 7) is 0.601. The van der Waals surface area contributed by atoms with Gasteiger partial charge in [0.15, 0.2) is 6.04 Å². The van der Waals surface area contributed by atoms with Gasteiger partial charge in [-0.25, -0.2) is 9.59 Å². The van der Waals surface area contributed by atoms with Crippen LogP contribution in [-0.2, 0) is 4.79 Å². The average molecular weight is 237 g/mol. The highest BCUT2D eigenvalue weighted by Crippen LogP contribution is 2.12. The van der Waals surface area contributed by atoms with Gasteiger partial charge in [-0.05, 0) is 5.56 Å². The van der Waals surface area contributed by atoms with Crippen molar-refractivity contribution in [3.8, 4) is 0 Å². The summed E-state index contributed by atoms with van der Waals surface area (Å²) in [4.78, 5) is 22.4. The standard InChI is InChI=1S/C11H15N3O3/c12-6-7-13-11(17)14-9(10(15)16)8-4-2-1-3-5-8/h1-5,9H,6-7,12H2,(H,15,16)(H2,13,14,17). The fourth-order valence-corrected chi connectivity index (χ4v) is 1.30. The van der Waals surface area contributed by atoms with E-state index in [1.807, 2.05) is 0 Å². The van der Waals surface area contributed by atoms with Crippen LogP contribution in [0.25, 0.3) is 0 Å². The van der Waals surface area contributed by atoms with Gasteiger partial charge in [0, 0.05) is 13.1 Å². The Morgan fingerprint density at radius 3 is 2.47 bits per heavy atom. The van der Waals surface area contributed by atoms with Crippen LogP contribution in [0.1, 0.15) is 11.6 Å². The predicted molar refractivity (Wildman–Crippen MR) is 62.4 cm³/mol. The average Bonchev–Trinajstić information content (AvgIpc) is 2.34. The number of carboxylic acid groups (broad SMARTS) is 1. The lowest BCUT2D eigenvalue weighted by atomic mass is 10.1. The fourth-order valence-electron chi connectivity index (χ4n) is 1.30. The zero-order chi connectivity index (χ0) is 12.7. The summed E-state index contributed by atoms with van der Waals surface area (Å²) in [5.74, 6) is -1.11. The molecular weight excluding hydrogens is 222 g/mol. The molecule has 1 atom stereocenters. The van der Waals surface area contributed by atoms with Crippen LogP contribution in [-0.4, -0.2) is 30.2 Å². The molecule has 0 heterocycles. The topological polar surface area (TPSA) is 104 Å². The molecule has 0 radical (unpaired) electrons. The van der Waals surface area contributed by atoms with E-state index in [0.29, 0.717) is 18.7 Å². The lowest BCUT2D eigenvalue weighted by molar-refractivity contribution is -0.139. The van der Waals surface area contributed by atoms with Gasteiger partial charge in [0.1, 0.15) is 0 Å². The summed E-state index contributed by atoms with van der Waals surface area (Å²) in [6.07, 6.45) is 0. The van der Waals surface area contributed by atoms with Crippen LogP contribution in [0, 0.1) is 0 Å². The number of aliphatic carboxylic acids is 1. The molecule has 2 amide bonds. The molecule has 1 rings (SSSR count). The molecule has 0 fully saturated rings. The fraction of sp³-hybridized carbons (Fsp3) is 0.273. The minimum atomic E-state index is -1.11. The van der Waals surface area contributed by atoms with Gasteiger partial charge in [-0.15, -0.1) is 0 Å². The molecule has 5 N–H and O–H groups in total.